The van der Waals surface area contributed by atoms with Crippen molar-refractivity contribution in [3.8, 4) is 22.6 Å². The average molecular weight is 397 g/mol. The predicted octanol–water partition coefficient (Wildman–Crippen LogP) is 4.46. The molecule has 2 heterocycles. The Morgan fingerprint density at radius 3 is 2.30 bits per heavy atom. The van der Waals surface area contributed by atoms with Crippen LogP contribution in [-0.4, -0.2) is 27.9 Å². The van der Waals surface area contributed by atoms with E-state index in [1.807, 2.05) is 60.7 Å². The number of hydrogen-bond donors (Lipinski definition) is 2. The molecule has 148 valence electrons. The van der Waals surface area contributed by atoms with Crippen LogP contribution in [0.5, 0.6) is 0 Å². The second kappa shape index (κ2) is 7.48. The molecule has 1 amide bonds. The van der Waals surface area contributed by atoms with E-state index in [9.17, 15) is 9.59 Å². The summed E-state index contributed by atoms with van der Waals surface area (Å²) in [7, 11) is 0. The molecule has 1 saturated carbocycles. The molecule has 0 unspecified atom stereocenters. The van der Waals surface area contributed by atoms with Gasteiger partial charge in [-0.15, -0.1) is 0 Å². The Bertz CT molecular complexity index is 1150. The fourth-order valence-corrected chi connectivity index (χ4v) is 3.37. The molecule has 0 saturated heterocycles. The van der Waals surface area contributed by atoms with Gasteiger partial charge in [0.25, 0.3) is 5.91 Å². The first-order chi connectivity index (χ1) is 14.7. The van der Waals surface area contributed by atoms with Gasteiger partial charge in [-0.1, -0.05) is 65.8 Å². The fraction of sp³-hybridized carbons (Fsp3) is 0.125. The summed E-state index contributed by atoms with van der Waals surface area (Å²) in [5.41, 5.74) is 3.15. The minimum atomic E-state index is -0.254. The highest BCUT2D eigenvalue weighted by molar-refractivity contribution is 6.16. The van der Waals surface area contributed by atoms with Gasteiger partial charge in [0.05, 0.1) is 5.56 Å². The highest BCUT2D eigenvalue weighted by atomic mass is 16.5. The van der Waals surface area contributed by atoms with Gasteiger partial charge in [-0.2, -0.15) is 0 Å². The summed E-state index contributed by atoms with van der Waals surface area (Å²) in [5.74, 6) is -0.0475. The molecule has 5 rings (SSSR count). The lowest BCUT2D eigenvalue weighted by Crippen LogP contribution is -2.25. The molecule has 30 heavy (non-hydrogen) atoms. The van der Waals surface area contributed by atoms with Crippen molar-refractivity contribution in [2.24, 2.45) is 0 Å². The average Bonchev–Trinajstić information content (AvgIpc) is 3.30. The lowest BCUT2D eigenvalue weighted by atomic mass is 9.96. The number of nitrogens with zero attached hydrogens (tertiary/aromatic N) is 1. The Labute approximate surface area is 172 Å². The zero-order valence-electron chi connectivity index (χ0n) is 16.1. The Morgan fingerprint density at radius 2 is 1.63 bits per heavy atom. The molecule has 6 nitrogen and oxygen atoms in total. The van der Waals surface area contributed by atoms with Crippen LogP contribution in [0.2, 0.25) is 0 Å². The monoisotopic (exact) mass is 397 g/mol. The lowest BCUT2D eigenvalue weighted by Gasteiger charge is -2.03. The van der Waals surface area contributed by atoms with E-state index in [0.29, 0.717) is 28.3 Å². The number of benzene rings is 2. The summed E-state index contributed by atoms with van der Waals surface area (Å²) in [6.07, 6.45) is 3.56. The van der Waals surface area contributed by atoms with Gasteiger partial charge in [0, 0.05) is 28.9 Å². The van der Waals surface area contributed by atoms with Gasteiger partial charge in [-0.05, 0) is 18.9 Å². The largest absolute Gasteiger partial charge is 0.356 e. The number of hydrogen-bond acceptors (Lipinski definition) is 4. The molecular weight excluding hydrogens is 378 g/mol. The normalized spacial score (nSPS) is 13.2. The van der Waals surface area contributed by atoms with Crippen molar-refractivity contribution >= 4 is 11.7 Å². The summed E-state index contributed by atoms with van der Waals surface area (Å²) < 4.78 is 5.63. The molecule has 4 aromatic rings. The smallest absolute Gasteiger partial charge is 0.267 e. The summed E-state index contributed by atoms with van der Waals surface area (Å²) in [6.45, 7) is 0. The second-order valence-corrected chi connectivity index (χ2v) is 7.35. The maximum Gasteiger partial charge on any atom is 0.267 e. The highest BCUT2D eigenvalue weighted by Crippen LogP contribution is 2.34. The quantitative estimate of drug-likeness (QED) is 0.470. The predicted molar refractivity (Wildman–Crippen MR) is 112 cm³/mol. The topological polar surface area (TPSA) is 88.0 Å². The molecular formula is C24H19N3O3. The number of carbonyl (C=O) groups is 2. The standard InChI is InChI=1S/C24H19N3O3/c28-22(17-13-19(25-14-17)24(29)26-18-11-12-18)20-21(15-7-3-1-4-8-15)27-30-23(20)16-9-5-2-6-10-16/h1-10,13-14,18,25H,11-12H2,(H,26,29). The van der Waals surface area contributed by atoms with E-state index in [1.54, 1.807) is 12.3 Å². The summed E-state index contributed by atoms with van der Waals surface area (Å²) in [6, 6.07) is 20.7. The Balaban J connectivity index is 1.56. The van der Waals surface area contributed by atoms with E-state index in [0.717, 1.165) is 24.0 Å². The Morgan fingerprint density at radius 1 is 0.967 bits per heavy atom. The maximum atomic E-state index is 13.5. The molecule has 2 aromatic heterocycles. The third-order valence-electron chi connectivity index (χ3n) is 5.10. The first-order valence-electron chi connectivity index (χ1n) is 9.85. The SMILES string of the molecule is O=C(NC1CC1)c1cc(C(=O)c2c(-c3ccccc3)noc2-c2ccccc2)c[nH]1. The van der Waals surface area contributed by atoms with Gasteiger partial charge in [0.1, 0.15) is 11.4 Å². The molecule has 1 aliphatic carbocycles. The molecule has 1 fully saturated rings. The number of carbonyl (C=O) groups excluding carboxylic acids is 2. The molecule has 2 aromatic carbocycles. The summed E-state index contributed by atoms with van der Waals surface area (Å²) >= 11 is 0. The maximum absolute atomic E-state index is 13.5. The van der Waals surface area contributed by atoms with E-state index >= 15 is 0 Å². The number of H-pyrrole nitrogens is 1. The fourth-order valence-electron chi connectivity index (χ4n) is 3.37. The first-order valence-corrected chi connectivity index (χ1v) is 9.85. The molecule has 1 aliphatic rings. The summed E-state index contributed by atoms with van der Waals surface area (Å²) in [5, 5.41) is 7.13. The number of aromatic amines is 1. The van der Waals surface area contributed by atoms with Crippen molar-refractivity contribution in [3.05, 3.63) is 89.7 Å². The Hall–Kier alpha value is -3.93. The van der Waals surface area contributed by atoms with E-state index < -0.39 is 0 Å². The van der Waals surface area contributed by atoms with Crippen molar-refractivity contribution in [2.45, 2.75) is 18.9 Å². The number of rotatable bonds is 6. The van der Waals surface area contributed by atoms with Crippen molar-refractivity contribution in [1.82, 2.24) is 15.5 Å². The first kappa shape index (κ1) is 18.1. The van der Waals surface area contributed by atoms with Crippen molar-refractivity contribution < 1.29 is 14.1 Å². The van der Waals surface area contributed by atoms with E-state index in [4.69, 9.17) is 4.52 Å². The second-order valence-electron chi connectivity index (χ2n) is 7.35. The van der Waals surface area contributed by atoms with Gasteiger partial charge < -0.3 is 14.8 Å². The zero-order valence-corrected chi connectivity index (χ0v) is 16.1. The van der Waals surface area contributed by atoms with Crippen molar-refractivity contribution in [3.63, 3.8) is 0 Å². The number of aromatic nitrogens is 2. The van der Waals surface area contributed by atoms with Crippen LogP contribution in [0.25, 0.3) is 22.6 Å². The highest BCUT2D eigenvalue weighted by Gasteiger charge is 2.28. The third-order valence-corrected chi connectivity index (χ3v) is 5.10. The van der Waals surface area contributed by atoms with E-state index in [2.05, 4.69) is 15.5 Å². The van der Waals surface area contributed by atoms with Crippen LogP contribution in [0.1, 0.15) is 39.3 Å². The van der Waals surface area contributed by atoms with Crippen molar-refractivity contribution in [1.29, 1.82) is 0 Å². The molecule has 0 aliphatic heterocycles. The van der Waals surface area contributed by atoms with Crippen LogP contribution >= 0.6 is 0 Å². The number of nitrogens with one attached hydrogen (secondary N) is 2. The van der Waals surface area contributed by atoms with E-state index in [1.165, 1.54) is 0 Å². The lowest BCUT2D eigenvalue weighted by molar-refractivity contribution is 0.0946. The van der Waals surface area contributed by atoms with Crippen LogP contribution in [-0.2, 0) is 0 Å². The molecule has 6 heteroatoms. The van der Waals surface area contributed by atoms with Gasteiger partial charge in [-0.25, -0.2) is 0 Å². The van der Waals surface area contributed by atoms with Gasteiger partial charge in [-0.3, -0.25) is 9.59 Å². The van der Waals surface area contributed by atoms with Gasteiger partial charge in [0.2, 0.25) is 5.78 Å². The van der Waals surface area contributed by atoms with E-state index in [-0.39, 0.29) is 17.7 Å². The molecule has 0 bridgehead atoms. The zero-order chi connectivity index (χ0) is 20.5. The van der Waals surface area contributed by atoms with Gasteiger partial charge >= 0.3 is 0 Å². The molecule has 0 atom stereocenters. The molecule has 2 N–H and O–H groups in total. The molecule has 0 spiro atoms. The Kier molecular flexibility index (Phi) is 4.52. The minimum absolute atomic E-state index is 0.201. The van der Waals surface area contributed by atoms with Crippen LogP contribution < -0.4 is 5.32 Å². The third kappa shape index (κ3) is 3.43. The number of ketones is 1. The van der Waals surface area contributed by atoms with Crippen LogP contribution in [0.4, 0.5) is 0 Å². The molecule has 0 radical (unpaired) electrons. The summed E-state index contributed by atoms with van der Waals surface area (Å²) in [4.78, 5) is 28.7. The van der Waals surface area contributed by atoms with Crippen LogP contribution in [0.15, 0.2) is 77.4 Å². The van der Waals surface area contributed by atoms with Crippen LogP contribution in [0, 0.1) is 0 Å². The van der Waals surface area contributed by atoms with Gasteiger partial charge in [0.15, 0.2) is 5.76 Å². The van der Waals surface area contributed by atoms with Crippen LogP contribution in [0.3, 0.4) is 0 Å². The minimum Gasteiger partial charge on any atom is -0.356 e. The van der Waals surface area contributed by atoms with Crippen molar-refractivity contribution in [2.75, 3.05) is 0 Å². The number of amides is 1.